The Balaban J connectivity index is 1.62. The van der Waals surface area contributed by atoms with Crippen LogP contribution < -0.4 is 15.5 Å². The number of benzene rings is 3. The molecule has 0 radical (unpaired) electrons. The van der Waals surface area contributed by atoms with Crippen molar-refractivity contribution in [1.29, 1.82) is 0 Å². The fraction of sp³-hybridized carbons (Fsp3) is 0.0435. The lowest BCUT2D eigenvalue weighted by Gasteiger charge is -2.09. The number of amides is 2. The molecule has 0 aliphatic carbocycles. The van der Waals surface area contributed by atoms with E-state index in [-0.39, 0.29) is 17.0 Å². The van der Waals surface area contributed by atoms with Crippen LogP contribution in [0.15, 0.2) is 77.9 Å². The molecule has 0 bridgehead atoms. The highest BCUT2D eigenvalue weighted by Gasteiger charge is 2.30. The van der Waals surface area contributed by atoms with Crippen molar-refractivity contribution in [3.05, 3.63) is 94.5 Å². The molecule has 11 heteroatoms. The Morgan fingerprint density at radius 1 is 0.912 bits per heavy atom. The number of anilines is 1. The molecule has 0 fully saturated rings. The molecule has 174 valence electrons. The molecule has 3 rings (SSSR count). The van der Waals surface area contributed by atoms with E-state index in [4.69, 9.17) is 16.3 Å². The molecule has 7 nitrogen and oxygen atoms in total. The molecule has 34 heavy (non-hydrogen) atoms. The smallest absolute Gasteiger partial charge is 0.416 e. The van der Waals surface area contributed by atoms with E-state index in [2.05, 4.69) is 10.4 Å². The van der Waals surface area contributed by atoms with Gasteiger partial charge in [-0.3, -0.25) is 9.59 Å². The molecule has 2 amide bonds. The Kier molecular flexibility index (Phi) is 7.64. The molecular formula is C23H15ClF3N3O4. The van der Waals surface area contributed by atoms with Gasteiger partial charge in [-0.1, -0.05) is 29.8 Å². The van der Waals surface area contributed by atoms with Crippen molar-refractivity contribution in [2.24, 2.45) is 5.10 Å². The van der Waals surface area contributed by atoms with E-state index in [9.17, 15) is 27.6 Å². The van der Waals surface area contributed by atoms with Crippen LogP contribution in [0.5, 0.6) is 5.75 Å². The number of rotatable bonds is 5. The summed E-state index contributed by atoms with van der Waals surface area (Å²) in [6.07, 6.45) is -3.46. The van der Waals surface area contributed by atoms with Crippen LogP contribution in [-0.4, -0.2) is 24.0 Å². The average molecular weight is 490 g/mol. The summed E-state index contributed by atoms with van der Waals surface area (Å²) in [5.41, 5.74) is 1.34. The van der Waals surface area contributed by atoms with Crippen LogP contribution >= 0.6 is 11.6 Å². The fourth-order valence-corrected chi connectivity index (χ4v) is 2.72. The quantitative estimate of drug-likeness (QED) is 0.179. The lowest BCUT2D eigenvalue weighted by molar-refractivity contribution is -0.137. The van der Waals surface area contributed by atoms with E-state index in [1.54, 1.807) is 18.2 Å². The SMILES string of the molecule is O=C(N/N=C/c1ccccc1OC(=O)c1ccc(Cl)cc1)C(=O)Nc1cccc(C(F)(F)F)c1. The van der Waals surface area contributed by atoms with E-state index in [0.29, 0.717) is 16.7 Å². The van der Waals surface area contributed by atoms with E-state index in [1.807, 2.05) is 5.43 Å². The molecule has 3 aromatic carbocycles. The number of nitrogens with one attached hydrogen (secondary N) is 2. The first-order valence-corrected chi connectivity index (χ1v) is 9.90. The maximum atomic E-state index is 12.8. The van der Waals surface area contributed by atoms with Crippen LogP contribution in [0.2, 0.25) is 5.02 Å². The standard InChI is InChI=1S/C23H15ClF3N3O4/c24-17-10-8-14(9-11-17)22(33)34-19-7-2-1-4-15(19)13-28-30-21(32)20(31)29-18-6-3-5-16(12-18)23(25,26)27/h1-13H,(H,29,31)(H,30,32)/b28-13+. The lowest BCUT2D eigenvalue weighted by Crippen LogP contribution is -2.32. The second kappa shape index (κ2) is 10.6. The summed E-state index contributed by atoms with van der Waals surface area (Å²) >= 11 is 5.80. The molecule has 0 unspecified atom stereocenters. The van der Waals surface area contributed by atoms with Gasteiger partial charge in [0.15, 0.2) is 0 Å². The van der Waals surface area contributed by atoms with Crippen LogP contribution in [-0.2, 0) is 15.8 Å². The van der Waals surface area contributed by atoms with Gasteiger partial charge in [-0.25, -0.2) is 10.2 Å². The number of carbonyl (C=O) groups excluding carboxylic acids is 3. The molecule has 0 heterocycles. The van der Waals surface area contributed by atoms with Crippen molar-refractivity contribution < 1.29 is 32.3 Å². The van der Waals surface area contributed by atoms with E-state index < -0.39 is 29.5 Å². The molecule has 0 spiro atoms. The van der Waals surface area contributed by atoms with Gasteiger partial charge in [-0.05, 0) is 54.6 Å². The van der Waals surface area contributed by atoms with Crippen LogP contribution in [0.25, 0.3) is 0 Å². The fourth-order valence-electron chi connectivity index (χ4n) is 2.60. The third-order valence-corrected chi connectivity index (χ3v) is 4.48. The minimum absolute atomic E-state index is 0.133. The van der Waals surface area contributed by atoms with Gasteiger partial charge in [-0.15, -0.1) is 0 Å². The first-order chi connectivity index (χ1) is 16.1. The maximum Gasteiger partial charge on any atom is 0.416 e. The van der Waals surface area contributed by atoms with E-state index >= 15 is 0 Å². The zero-order valence-corrected chi connectivity index (χ0v) is 17.9. The molecule has 0 atom stereocenters. The summed E-state index contributed by atoms with van der Waals surface area (Å²) in [7, 11) is 0. The Morgan fingerprint density at radius 3 is 2.32 bits per heavy atom. The summed E-state index contributed by atoms with van der Waals surface area (Å²) in [6.45, 7) is 0. The lowest BCUT2D eigenvalue weighted by atomic mass is 10.2. The number of para-hydroxylation sites is 1. The van der Waals surface area contributed by atoms with Crippen LogP contribution in [0.4, 0.5) is 18.9 Å². The number of ether oxygens (including phenoxy) is 1. The topological polar surface area (TPSA) is 96.9 Å². The van der Waals surface area contributed by atoms with Crippen molar-refractivity contribution in [3.8, 4) is 5.75 Å². The third kappa shape index (κ3) is 6.66. The highest BCUT2D eigenvalue weighted by Crippen LogP contribution is 2.30. The Bertz CT molecular complexity index is 1240. The number of hydrogen-bond acceptors (Lipinski definition) is 5. The Labute approximate surface area is 196 Å². The van der Waals surface area contributed by atoms with Gasteiger partial charge in [0.25, 0.3) is 0 Å². The number of esters is 1. The molecule has 0 saturated heterocycles. The van der Waals surface area contributed by atoms with Crippen LogP contribution in [0.1, 0.15) is 21.5 Å². The van der Waals surface area contributed by atoms with Gasteiger partial charge in [-0.2, -0.15) is 18.3 Å². The predicted octanol–water partition coefficient (Wildman–Crippen LogP) is 4.67. The third-order valence-electron chi connectivity index (χ3n) is 4.23. The molecule has 0 aliphatic heterocycles. The zero-order valence-electron chi connectivity index (χ0n) is 17.1. The second-order valence-corrected chi connectivity index (χ2v) is 7.10. The second-order valence-electron chi connectivity index (χ2n) is 6.67. The minimum Gasteiger partial charge on any atom is -0.422 e. The van der Waals surface area contributed by atoms with Crippen LogP contribution in [0, 0.1) is 0 Å². The first kappa shape index (κ1) is 24.5. The largest absolute Gasteiger partial charge is 0.422 e. The molecular weight excluding hydrogens is 475 g/mol. The zero-order chi connectivity index (χ0) is 24.7. The Hall–Kier alpha value is -4.18. The van der Waals surface area contributed by atoms with Crippen molar-refractivity contribution in [3.63, 3.8) is 0 Å². The van der Waals surface area contributed by atoms with Crippen LogP contribution in [0.3, 0.4) is 0 Å². The number of halogens is 4. The average Bonchev–Trinajstić information content (AvgIpc) is 2.80. The summed E-state index contributed by atoms with van der Waals surface area (Å²) in [4.78, 5) is 36.2. The first-order valence-electron chi connectivity index (χ1n) is 9.52. The number of alkyl halides is 3. The van der Waals surface area contributed by atoms with Gasteiger partial charge in [0, 0.05) is 16.3 Å². The number of carbonyl (C=O) groups is 3. The maximum absolute atomic E-state index is 12.8. The highest BCUT2D eigenvalue weighted by atomic mass is 35.5. The van der Waals surface area contributed by atoms with Crippen molar-refractivity contribution >= 4 is 41.3 Å². The monoisotopic (exact) mass is 489 g/mol. The number of hydrogen-bond donors (Lipinski definition) is 2. The van der Waals surface area contributed by atoms with Gasteiger partial charge in [0.1, 0.15) is 5.75 Å². The van der Waals surface area contributed by atoms with Gasteiger partial charge >= 0.3 is 24.0 Å². The van der Waals surface area contributed by atoms with Crippen molar-refractivity contribution in [1.82, 2.24) is 5.43 Å². The molecule has 0 aliphatic rings. The predicted molar refractivity (Wildman–Crippen MR) is 119 cm³/mol. The molecule has 3 aromatic rings. The summed E-state index contributed by atoms with van der Waals surface area (Å²) in [6, 6.07) is 16.2. The normalized spacial score (nSPS) is 11.2. The van der Waals surface area contributed by atoms with Gasteiger partial charge < -0.3 is 10.1 Å². The van der Waals surface area contributed by atoms with Gasteiger partial charge in [0.05, 0.1) is 17.3 Å². The minimum atomic E-state index is -4.60. The molecule has 0 aromatic heterocycles. The van der Waals surface area contributed by atoms with Gasteiger partial charge in [0.2, 0.25) is 0 Å². The van der Waals surface area contributed by atoms with E-state index in [0.717, 1.165) is 18.3 Å². The number of hydrazone groups is 1. The highest BCUT2D eigenvalue weighted by molar-refractivity contribution is 6.39. The summed E-state index contributed by atoms with van der Waals surface area (Å²) in [5, 5.41) is 6.15. The molecule has 0 saturated carbocycles. The summed E-state index contributed by atoms with van der Waals surface area (Å²) in [5.74, 6) is -2.96. The number of nitrogens with zero attached hydrogens (tertiary/aromatic N) is 1. The summed E-state index contributed by atoms with van der Waals surface area (Å²) < 4.78 is 43.6. The van der Waals surface area contributed by atoms with Crippen molar-refractivity contribution in [2.45, 2.75) is 6.18 Å². The van der Waals surface area contributed by atoms with E-state index in [1.165, 1.54) is 36.4 Å². The Morgan fingerprint density at radius 2 is 1.62 bits per heavy atom. The molecule has 2 N–H and O–H groups in total. The van der Waals surface area contributed by atoms with Crippen molar-refractivity contribution in [2.75, 3.05) is 5.32 Å².